The Morgan fingerprint density at radius 1 is 1.04 bits per heavy atom. The van der Waals surface area contributed by atoms with Gasteiger partial charge in [-0.25, -0.2) is 0 Å². The summed E-state index contributed by atoms with van der Waals surface area (Å²) in [5, 5.41) is 0. The third-order valence-corrected chi connectivity index (χ3v) is 5.34. The minimum absolute atomic E-state index is 0.0887. The number of anilines is 1. The third-order valence-electron chi connectivity index (χ3n) is 5.34. The van der Waals surface area contributed by atoms with Gasteiger partial charge in [0.25, 0.3) is 0 Å². The second kappa shape index (κ2) is 7.18. The molecular weight excluding hydrogens is 338 g/mol. The van der Waals surface area contributed by atoms with E-state index in [4.69, 9.17) is 4.74 Å². The lowest BCUT2D eigenvalue weighted by Crippen LogP contribution is -2.43. The van der Waals surface area contributed by atoms with E-state index in [0.717, 1.165) is 16.8 Å². The van der Waals surface area contributed by atoms with Gasteiger partial charge in [0.2, 0.25) is 5.91 Å². The van der Waals surface area contributed by atoms with Crippen LogP contribution in [0.5, 0.6) is 0 Å². The molecule has 0 saturated carbocycles. The summed E-state index contributed by atoms with van der Waals surface area (Å²) in [6.45, 7) is 6.35. The Labute approximate surface area is 161 Å². The molecule has 0 fully saturated rings. The van der Waals surface area contributed by atoms with Crippen LogP contribution in [0.2, 0.25) is 0 Å². The van der Waals surface area contributed by atoms with Crippen LogP contribution in [-0.4, -0.2) is 25.5 Å². The van der Waals surface area contributed by atoms with Crippen molar-refractivity contribution in [2.75, 3.05) is 18.6 Å². The fourth-order valence-electron chi connectivity index (χ4n) is 3.92. The first-order valence-corrected chi connectivity index (χ1v) is 9.33. The van der Waals surface area contributed by atoms with E-state index in [1.807, 2.05) is 62.1 Å². The highest BCUT2D eigenvalue weighted by Crippen LogP contribution is 2.48. The Bertz CT molecular complexity index is 838. The van der Waals surface area contributed by atoms with Crippen molar-refractivity contribution in [1.29, 1.82) is 0 Å². The Kier molecular flexibility index (Phi) is 5.09. The van der Waals surface area contributed by atoms with E-state index in [-0.39, 0.29) is 11.9 Å². The van der Waals surface area contributed by atoms with Gasteiger partial charge in [-0.3, -0.25) is 9.59 Å². The zero-order valence-electron chi connectivity index (χ0n) is 16.5. The summed E-state index contributed by atoms with van der Waals surface area (Å²) in [7, 11) is 1.41. The van der Waals surface area contributed by atoms with Crippen LogP contribution in [0.1, 0.15) is 44.7 Å². The lowest BCUT2D eigenvalue weighted by Gasteiger charge is -2.32. The molecule has 2 aromatic rings. The van der Waals surface area contributed by atoms with Crippen LogP contribution in [0, 0.1) is 5.41 Å². The Balaban J connectivity index is 2.13. The minimum Gasteiger partial charge on any atom is -0.469 e. The molecule has 1 atom stereocenters. The van der Waals surface area contributed by atoms with Crippen molar-refractivity contribution in [2.24, 2.45) is 5.41 Å². The van der Waals surface area contributed by atoms with Gasteiger partial charge in [-0.1, -0.05) is 69.3 Å². The number of nitrogens with zero attached hydrogens (tertiary/aromatic N) is 1. The van der Waals surface area contributed by atoms with Gasteiger partial charge in [0.15, 0.2) is 0 Å². The van der Waals surface area contributed by atoms with Crippen molar-refractivity contribution in [3.05, 3.63) is 65.7 Å². The predicted molar refractivity (Wildman–Crippen MR) is 107 cm³/mol. The van der Waals surface area contributed by atoms with Crippen LogP contribution in [0.3, 0.4) is 0 Å². The Morgan fingerprint density at radius 3 is 2.30 bits per heavy atom. The molecule has 1 aliphatic heterocycles. The van der Waals surface area contributed by atoms with Crippen molar-refractivity contribution < 1.29 is 14.3 Å². The molecule has 4 nitrogen and oxygen atoms in total. The summed E-state index contributed by atoms with van der Waals surface area (Å²) in [6, 6.07) is 18.2. The number of methoxy groups -OCH3 is 1. The molecular formula is C23H27NO3. The number of carbonyl (C=O) groups is 2. The van der Waals surface area contributed by atoms with Crippen molar-refractivity contribution in [2.45, 2.75) is 39.0 Å². The van der Waals surface area contributed by atoms with Crippen LogP contribution in [-0.2, 0) is 19.7 Å². The first-order chi connectivity index (χ1) is 12.8. The molecule has 1 amide bonds. The molecule has 0 spiro atoms. The molecule has 0 saturated heterocycles. The SMILES string of the molecule is COC(=O)CCC1(c2ccccc2)CN(C(=O)C(C)(C)C)c2ccccc21. The average molecular weight is 365 g/mol. The molecule has 0 aliphatic carbocycles. The van der Waals surface area contributed by atoms with Gasteiger partial charge in [0.1, 0.15) is 0 Å². The van der Waals surface area contributed by atoms with E-state index >= 15 is 0 Å². The molecule has 1 heterocycles. The fraction of sp³-hybridized carbons (Fsp3) is 0.391. The van der Waals surface area contributed by atoms with E-state index in [9.17, 15) is 9.59 Å². The first-order valence-electron chi connectivity index (χ1n) is 9.33. The largest absolute Gasteiger partial charge is 0.469 e. The van der Waals surface area contributed by atoms with Crippen molar-refractivity contribution in [3.63, 3.8) is 0 Å². The van der Waals surface area contributed by atoms with Crippen LogP contribution in [0.15, 0.2) is 54.6 Å². The van der Waals surface area contributed by atoms with Crippen molar-refractivity contribution >= 4 is 17.6 Å². The van der Waals surface area contributed by atoms with Crippen molar-refractivity contribution in [3.8, 4) is 0 Å². The molecule has 1 aliphatic rings. The molecule has 142 valence electrons. The van der Waals surface area contributed by atoms with Gasteiger partial charge in [-0.15, -0.1) is 0 Å². The number of fused-ring (bicyclic) bond motifs is 1. The summed E-state index contributed by atoms with van der Waals surface area (Å²) < 4.78 is 4.89. The summed E-state index contributed by atoms with van der Waals surface area (Å²) in [4.78, 5) is 27.0. The number of para-hydroxylation sites is 1. The molecule has 1 unspecified atom stereocenters. The van der Waals surface area contributed by atoms with Gasteiger partial charge in [-0.05, 0) is 23.6 Å². The predicted octanol–water partition coefficient (Wildman–Crippen LogP) is 4.32. The van der Waals surface area contributed by atoms with E-state index < -0.39 is 10.8 Å². The van der Waals surface area contributed by atoms with Crippen LogP contribution >= 0.6 is 0 Å². The Morgan fingerprint density at radius 2 is 1.67 bits per heavy atom. The van der Waals surface area contributed by atoms with E-state index in [2.05, 4.69) is 18.2 Å². The smallest absolute Gasteiger partial charge is 0.305 e. The quantitative estimate of drug-likeness (QED) is 0.758. The molecule has 0 radical (unpaired) electrons. The molecule has 0 N–H and O–H groups in total. The number of esters is 1. The highest BCUT2D eigenvalue weighted by Gasteiger charge is 2.47. The number of rotatable bonds is 4. The molecule has 0 aromatic heterocycles. The maximum Gasteiger partial charge on any atom is 0.305 e. The zero-order chi connectivity index (χ0) is 19.7. The molecule has 2 aromatic carbocycles. The summed E-state index contributed by atoms with van der Waals surface area (Å²) in [5.74, 6) is -0.144. The number of hydrogen-bond acceptors (Lipinski definition) is 3. The van der Waals surface area contributed by atoms with E-state index in [1.54, 1.807) is 0 Å². The van der Waals surface area contributed by atoms with Crippen LogP contribution < -0.4 is 4.90 Å². The van der Waals surface area contributed by atoms with Crippen LogP contribution in [0.25, 0.3) is 0 Å². The van der Waals surface area contributed by atoms with Gasteiger partial charge < -0.3 is 9.64 Å². The maximum atomic E-state index is 13.2. The second-order valence-electron chi connectivity index (χ2n) is 8.18. The molecule has 27 heavy (non-hydrogen) atoms. The van der Waals surface area contributed by atoms with E-state index in [0.29, 0.717) is 19.4 Å². The number of amides is 1. The fourth-order valence-corrected chi connectivity index (χ4v) is 3.92. The Hall–Kier alpha value is -2.62. The number of carbonyl (C=O) groups excluding carboxylic acids is 2. The summed E-state index contributed by atoms with van der Waals surface area (Å²) in [6.07, 6.45) is 0.895. The summed E-state index contributed by atoms with van der Waals surface area (Å²) in [5.41, 5.74) is 2.24. The average Bonchev–Trinajstić information content (AvgIpc) is 3.01. The highest BCUT2D eigenvalue weighted by molar-refractivity contribution is 5.99. The van der Waals surface area contributed by atoms with Crippen molar-refractivity contribution in [1.82, 2.24) is 0 Å². The normalized spacial score (nSPS) is 18.9. The molecule has 0 bridgehead atoms. The molecule has 3 rings (SSSR count). The topological polar surface area (TPSA) is 46.6 Å². The van der Waals surface area contributed by atoms with Gasteiger partial charge in [0.05, 0.1) is 7.11 Å². The zero-order valence-corrected chi connectivity index (χ0v) is 16.5. The summed E-state index contributed by atoms with van der Waals surface area (Å²) >= 11 is 0. The van der Waals surface area contributed by atoms with Gasteiger partial charge in [0, 0.05) is 29.5 Å². The number of ether oxygens (including phenoxy) is 1. The second-order valence-corrected chi connectivity index (χ2v) is 8.18. The lowest BCUT2D eigenvalue weighted by molar-refractivity contribution is -0.140. The van der Waals surface area contributed by atoms with Crippen LogP contribution in [0.4, 0.5) is 5.69 Å². The number of benzene rings is 2. The third kappa shape index (κ3) is 3.48. The highest BCUT2D eigenvalue weighted by atomic mass is 16.5. The van der Waals surface area contributed by atoms with Gasteiger partial charge >= 0.3 is 5.97 Å². The van der Waals surface area contributed by atoms with E-state index in [1.165, 1.54) is 7.11 Å². The monoisotopic (exact) mass is 365 g/mol. The maximum absolute atomic E-state index is 13.2. The first kappa shape index (κ1) is 19.2. The minimum atomic E-state index is -0.484. The lowest BCUT2D eigenvalue weighted by atomic mass is 9.72. The number of hydrogen-bond donors (Lipinski definition) is 0. The standard InChI is InChI=1S/C23H27NO3/c1-22(2,3)21(26)24-16-23(15-14-20(25)27-4,17-10-6-5-7-11-17)18-12-8-9-13-19(18)24/h5-13H,14-16H2,1-4H3. The van der Waals surface area contributed by atoms with Gasteiger partial charge in [-0.2, -0.15) is 0 Å². The molecule has 4 heteroatoms.